The predicted octanol–water partition coefficient (Wildman–Crippen LogP) is 4.53. The van der Waals surface area contributed by atoms with E-state index in [0.717, 1.165) is 42.3 Å². The quantitative estimate of drug-likeness (QED) is 0.459. The number of alkyl halides is 3. The molecule has 35 heavy (non-hydrogen) atoms. The number of aryl methyl sites for hydroxylation is 1. The van der Waals surface area contributed by atoms with Gasteiger partial charge in [-0.3, -0.25) is 9.78 Å². The van der Waals surface area contributed by atoms with Crippen molar-refractivity contribution in [2.75, 3.05) is 12.4 Å². The van der Waals surface area contributed by atoms with Crippen LogP contribution in [0.15, 0.2) is 48.9 Å². The smallest absolute Gasteiger partial charge is 0.379 e. The maximum absolute atomic E-state index is 13.4. The fourth-order valence-electron chi connectivity index (χ4n) is 4.31. The summed E-state index contributed by atoms with van der Waals surface area (Å²) in [4.78, 5) is 15.7. The molecule has 1 aliphatic carbocycles. The van der Waals surface area contributed by atoms with Crippen molar-refractivity contribution < 1.29 is 18.0 Å². The molecule has 2 N–H and O–H groups in total. The zero-order valence-corrected chi connectivity index (χ0v) is 19.5. The van der Waals surface area contributed by atoms with Gasteiger partial charge in [-0.05, 0) is 60.2 Å². The molecule has 1 fully saturated rings. The summed E-state index contributed by atoms with van der Waals surface area (Å²) < 4.78 is 42.1. The van der Waals surface area contributed by atoms with Crippen LogP contribution in [-0.2, 0) is 24.6 Å². The summed E-state index contributed by atoms with van der Waals surface area (Å²) in [6.45, 7) is -0.101. The minimum Gasteiger partial charge on any atom is -0.379 e. The lowest BCUT2D eigenvalue weighted by Gasteiger charge is -2.33. The van der Waals surface area contributed by atoms with Crippen LogP contribution < -0.4 is 10.6 Å². The molecule has 7 nitrogen and oxygen atoms in total. The van der Waals surface area contributed by atoms with Gasteiger partial charge < -0.3 is 15.2 Å². The molecule has 0 spiro atoms. The zero-order valence-electron chi connectivity index (χ0n) is 19.5. The van der Waals surface area contributed by atoms with E-state index in [2.05, 4.69) is 25.8 Å². The number of halogens is 3. The van der Waals surface area contributed by atoms with Crippen molar-refractivity contribution in [2.45, 2.75) is 37.9 Å². The number of rotatable bonds is 8. The maximum Gasteiger partial charge on any atom is 0.418 e. The minimum absolute atomic E-state index is 0.0225. The Hall–Kier alpha value is -3.69. The van der Waals surface area contributed by atoms with Crippen LogP contribution in [0.5, 0.6) is 0 Å². The third-order valence-electron chi connectivity index (χ3n) is 6.31. The van der Waals surface area contributed by atoms with Crippen LogP contribution in [0.2, 0.25) is 0 Å². The number of nitrogens with one attached hydrogen (secondary N) is 2. The van der Waals surface area contributed by atoms with E-state index in [1.165, 1.54) is 18.3 Å². The van der Waals surface area contributed by atoms with Crippen molar-refractivity contribution in [3.8, 4) is 0 Å². The highest BCUT2D eigenvalue weighted by molar-refractivity contribution is 5.91. The molecule has 1 saturated carbocycles. The highest BCUT2D eigenvalue weighted by Crippen LogP contribution is 2.43. The molecule has 1 aromatic carbocycles. The Kier molecular flexibility index (Phi) is 7.18. The molecular formula is C25H27F3N6O. The van der Waals surface area contributed by atoms with Gasteiger partial charge in [-0.2, -0.15) is 13.2 Å². The van der Waals surface area contributed by atoms with Crippen LogP contribution in [0.1, 0.15) is 53.4 Å². The first-order valence-electron chi connectivity index (χ1n) is 11.4. The van der Waals surface area contributed by atoms with Crippen molar-refractivity contribution in [2.24, 2.45) is 13.0 Å². The van der Waals surface area contributed by atoms with E-state index in [4.69, 9.17) is 0 Å². The first kappa shape index (κ1) is 24.4. The number of carbonyl (C=O) groups is 1. The Morgan fingerprint density at radius 3 is 2.71 bits per heavy atom. The molecule has 0 saturated heterocycles. The number of aromatic nitrogens is 4. The molecule has 1 amide bonds. The van der Waals surface area contributed by atoms with Gasteiger partial charge in [0.05, 0.1) is 17.8 Å². The van der Waals surface area contributed by atoms with E-state index in [1.807, 2.05) is 23.7 Å². The number of likely N-dealkylation sites (N-methyl/N-ethyl adjacent to an activating group) is 1. The lowest BCUT2D eigenvalue weighted by Crippen LogP contribution is -2.24. The summed E-state index contributed by atoms with van der Waals surface area (Å²) in [6, 6.07) is 8.03. The van der Waals surface area contributed by atoms with Crippen LogP contribution in [0, 0.1) is 5.92 Å². The fourth-order valence-corrected chi connectivity index (χ4v) is 4.31. The highest BCUT2D eigenvalue weighted by Gasteiger charge is 2.34. The third-order valence-corrected chi connectivity index (χ3v) is 6.31. The number of benzene rings is 1. The number of hydrogen-bond donors (Lipinski definition) is 2. The summed E-state index contributed by atoms with van der Waals surface area (Å²) >= 11 is 0. The van der Waals surface area contributed by atoms with Gasteiger partial charge in [-0.25, -0.2) is 0 Å². The van der Waals surface area contributed by atoms with E-state index in [9.17, 15) is 18.0 Å². The number of carbonyl (C=O) groups excluding carboxylic acids is 1. The van der Waals surface area contributed by atoms with Crippen LogP contribution in [0.25, 0.3) is 6.08 Å². The molecule has 10 heteroatoms. The Balaban J connectivity index is 1.71. The molecule has 1 aliphatic rings. The highest BCUT2D eigenvalue weighted by atomic mass is 19.4. The first-order chi connectivity index (χ1) is 16.8. The maximum atomic E-state index is 13.4. The lowest BCUT2D eigenvalue weighted by molar-refractivity contribution is -0.138. The van der Waals surface area contributed by atoms with Gasteiger partial charge in [0.15, 0.2) is 0 Å². The second kappa shape index (κ2) is 10.3. The Bertz CT molecular complexity index is 1220. The third kappa shape index (κ3) is 5.70. The number of nitrogens with zero attached hydrogens (tertiary/aromatic N) is 4. The SMILES string of the molecule is CNC(=O)/C=C/c1cc(NCc2ncccc2C(F)(F)F)cc(C(c2nncn2C)C2CCC2)c1. The first-order valence-corrected chi connectivity index (χ1v) is 11.4. The predicted molar refractivity (Wildman–Crippen MR) is 126 cm³/mol. The van der Waals surface area contributed by atoms with Crippen molar-refractivity contribution in [1.29, 1.82) is 0 Å². The summed E-state index contributed by atoms with van der Waals surface area (Å²) in [5.74, 6) is 0.941. The van der Waals surface area contributed by atoms with Crippen molar-refractivity contribution in [1.82, 2.24) is 25.1 Å². The van der Waals surface area contributed by atoms with E-state index < -0.39 is 11.7 Å². The van der Waals surface area contributed by atoms with Gasteiger partial charge in [0.2, 0.25) is 5.91 Å². The molecule has 1 atom stereocenters. The molecule has 2 heterocycles. The van der Waals surface area contributed by atoms with Crippen LogP contribution in [-0.4, -0.2) is 32.7 Å². The molecule has 0 aliphatic heterocycles. The van der Waals surface area contributed by atoms with Gasteiger partial charge in [0, 0.05) is 38.0 Å². The molecule has 0 radical (unpaired) electrons. The van der Waals surface area contributed by atoms with Crippen LogP contribution in [0.3, 0.4) is 0 Å². The van der Waals surface area contributed by atoms with E-state index in [-0.39, 0.29) is 24.1 Å². The summed E-state index contributed by atoms with van der Waals surface area (Å²) in [6.07, 6.45) is 4.88. The second-order valence-electron chi connectivity index (χ2n) is 8.65. The Morgan fingerprint density at radius 2 is 2.09 bits per heavy atom. The molecule has 2 aromatic heterocycles. The molecule has 0 bridgehead atoms. The number of anilines is 1. The van der Waals surface area contributed by atoms with Crippen molar-refractivity contribution in [3.63, 3.8) is 0 Å². The fraction of sp³-hybridized carbons (Fsp3) is 0.360. The number of amides is 1. The molecule has 4 rings (SSSR count). The van der Waals surface area contributed by atoms with E-state index in [1.54, 1.807) is 25.5 Å². The number of pyridine rings is 1. The second-order valence-corrected chi connectivity index (χ2v) is 8.65. The van der Waals surface area contributed by atoms with Gasteiger partial charge in [-0.1, -0.05) is 12.5 Å². The minimum atomic E-state index is -4.49. The molecule has 1 unspecified atom stereocenters. The monoisotopic (exact) mass is 484 g/mol. The summed E-state index contributed by atoms with van der Waals surface area (Å²) in [5, 5.41) is 14.0. The molecule has 184 valence electrons. The average molecular weight is 485 g/mol. The topological polar surface area (TPSA) is 84.7 Å². The zero-order chi connectivity index (χ0) is 25.0. The van der Waals surface area contributed by atoms with Crippen molar-refractivity contribution >= 4 is 17.7 Å². The normalized spacial score (nSPS) is 15.1. The van der Waals surface area contributed by atoms with E-state index in [0.29, 0.717) is 11.6 Å². The average Bonchev–Trinajstić information content (AvgIpc) is 3.23. The lowest BCUT2D eigenvalue weighted by atomic mass is 9.72. The van der Waals surface area contributed by atoms with Crippen molar-refractivity contribution in [3.05, 3.63) is 77.1 Å². The molecule has 3 aromatic rings. The Labute approximate surface area is 201 Å². The largest absolute Gasteiger partial charge is 0.418 e. The van der Waals surface area contributed by atoms with Gasteiger partial charge in [0.1, 0.15) is 12.2 Å². The van der Waals surface area contributed by atoms with Crippen LogP contribution >= 0.6 is 0 Å². The number of hydrogen-bond acceptors (Lipinski definition) is 5. The summed E-state index contributed by atoms with van der Waals surface area (Å²) in [7, 11) is 3.44. The van der Waals surface area contributed by atoms with Gasteiger partial charge in [-0.15, -0.1) is 10.2 Å². The van der Waals surface area contributed by atoms with Gasteiger partial charge in [0.25, 0.3) is 0 Å². The molecular weight excluding hydrogens is 457 g/mol. The van der Waals surface area contributed by atoms with Crippen LogP contribution in [0.4, 0.5) is 18.9 Å². The standard InChI is InChI=1S/C25H27F3N6O/c1-29-22(35)9-8-16-11-18(23(17-5-3-6-17)24-33-32-15-34(24)2)13-19(12-16)31-14-21-20(25(26,27)28)7-4-10-30-21/h4,7-13,15,17,23,31H,3,5-6,14H2,1-2H3,(H,29,35)/b9-8+. The van der Waals surface area contributed by atoms with E-state index >= 15 is 0 Å². The summed E-state index contributed by atoms with van der Waals surface area (Å²) in [5.41, 5.74) is 1.48. The van der Waals surface area contributed by atoms with Gasteiger partial charge >= 0.3 is 6.18 Å². The Morgan fingerprint density at radius 1 is 1.29 bits per heavy atom.